The summed E-state index contributed by atoms with van der Waals surface area (Å²) >= 11 is 5.86. The van der Waals surface area contributed by atoms with Crippen molar-refractivity contribution in [3.8, 4) is 0 Å². The Morgan fingerprint density at radius 1 is 1.38 bits per heavy atom. The maximum atomic E-state index is 9.29. The molecule has 2 nitrogen and oxygen atoms in total. The van der Waals surface area contributed by atoms with Crippen LogP contribution in [0, 0.1) is 6.92 Å². The zero-order chi connectivity index (χ0) is 10.0. The second kappa shape index (κ2) is 4.09. The third-order valence-corrected chi connectivity index (χ3v) is 2.19. The summed E-state index contributed by atoms with van der Waals surface area (Å²) in [6, 6.07) is 5.21. The van der Waals surface area contributed by atoms with Crippen LogP contribution in [0.4, 0.5) is 0 Å². The fourth-order valence-electron chi connectivity index (χ4n) is 1.24. The van der Waals surface area contributed by atoms with Crippen molar-refractivity contribution in [2.45, 2.75) is 26.0 Å². The molecule has 0 aliphatic heterocycles. The van der Waals surface area contributed by atoms with E-state index in [2.05, 4.69) is 0 Å². The molecule has 0 aromatic heterocycles. The lowest BCUT2D eigenvalue weighted by Gasteiger charge is -2.15. The lowest BCUT2D eigenvalue weighted by molar-refractivity contribution is 0.164. The Kier molecular flexibility index (Phi) is 3.31. The van der Waals surface area contributed by atoms with E-state index in [1.807, 2.05) is 19.1 Å². The monoisotopic (exact) mass is 199 g/mol. The standard InChI is InChI=1S/C10H14ClNO/c1-6-3-8(5-9(11)4-6)10(12)7(2)13/h3-5,7,10,13H,12H2,1-2H3/t7-,10-/m1/s1. The topological polar surface area (TPSA) is 46.2 Å². The Bertz CT molecular complexity index is 279. The first-order valence-corrected chi connectivity index (χ1v) is 4.59. The highest BCUT2D eigenvalue weighted by atomic mass is 35.5. The van der Waals surface area contributed by atoms with E-state index < -0.39 is 6.10 Å². The minimum atomic E-state index is -0.558. The number of halogens is 1. The predicted molar refractivity (Wildman–Crippen MR) is 54.8 cm³/mol. The molecule has 3 heteroatoms. The van der Waals surface area contributed by atoms with Gasteiger partial charge in [-0.05, 0) is 37.1 Å². The molecule has 0 radical (unpaired) electrons. The Hall–Kier alpha value is -0.570. The van der Waals surface area contributed by atoms with Gasteiger partial charge in [-0.2, -0.15) is 0 Å². The first kappa shape index (κ1) is 10.5. The molecule has 3 N–H and O–H groups in total. The van der Waals surface area contributed by atoms with E-state index in [0.29, 0.717) is 5.02 Å². The third-order valence-electron chi connectivity index (χ3n) is 1.97. The van der Waals surface area contributed by atoms with Crippen molar-refractivity contribution in [1.29, 1.82) is 0 Å². The van der Waals surface area contributed by atoms with Crippen molar-refractivity contribution < 1.29 is 5.11 Å². The molecule has 0 fully saturated rings. The normalized spacial score (nSPS) is 15.5. The first-order chi connectivity index (χ1) is 6.00. The van der Waals surface area contributed by atoms with Crippen LogP contribution in [0.5, 0.6) is 0 Å². The highest BCUT2D eigenvalue weighted by Crippen LogP contribution is 2.20. The number of nitrogens with two attached hydrogens (primary N) is 1. The number of aliphatic hydroxyl groups excluding tert-OH is 1. The van der Waals surface area contributed by atoms with Gasteiger partial charge in [0, 0.05) is 5.02 Å². The van der Waals surface area contributed by atoms with E-state index in [0.717, 1.165) is 11.1 Å². The first-order valence-electron chi connectivity index (χ1n) is 4.21. The second-order valence-electron chi connectivity index (χ2n) is 3.33. The largest absolute Gasteiger partial charge is 0.391 e. The van der Waals surface area contributed by atoms with E-state index in [-0.39, 0.29) is 6.04 Å². The van der Waals surface area contributed by atoms with Crippen molar-refractivity contribution in [2.75, 3.05) is 0 Å². The molecule has 0 heterocycles. The highest BCUT2D eigenvalue weighted by Gasteiger charge is 2.12. The SMILES string of the molecule is Cc1cc(Cl)cc([C@H](N)[C@@H](C)O)c1. The molecule has 0 unspecified atom stereocenters. The van der Waals surface area contributed by atoms with Gasteiger partial charge in [-0.3, -0.25) is 0 Å². The van der Waals surface area contributed by atoms with Crippen LogP contribution in [-0.2, 0) is 0 Å². The van der Waals surface area contributed by atoms with Gasteiger partial charge in [0.05, 0.1) is 12.1 Å². The minimum absolute atomic E-state index is 0.364. The molecular formula is C10H14ClNO. The van der Waals surface area contributed by atoms with Gasteiger partial charge >= 0.3 is 0 Å². The molecular weight excluding hydrogens is 186 g/mol. The molecule has 0 aliphatic carbocycles. The minimum Gasteiger partial charge on any atom is -0.391 e. The van der Waals surface area contributed by atoms with Crippen LogP contribution >= 0.6 is 11.6 Å². The number of aliphatic hydroxyl groups is 1. The lowest BCUT2D eigenvalue weighted by atomic mass is 10.0. The molecule has 0 spiro atoms. The summed E-state index contributed by atoms with van der Waals surface area (Å²) in [5, 5.41) is 9.95. The van der Waals surface area contributed by atoms with Gasteiger partial charge in [-0.15, -0.1) is 0 Å². The van der Waals surface area contributed by atoms with Crippen molar-refractivity contribution in [2.24, 2.45) is 5.73 Å². The molecule has 0 bridgehead atoms. The fourth-order valence-corrected chi connectivity index (χ4v) is 1.53. The van der Waals surface area contributed by atoms with Gasteiger partial charge in [-0.1, -0.05) is 17.7 Å². The Morgan fingerprint density at radius 3 is 2.46 bits per heavy atom. The van der Waals surface area contributed by atoms with E-state index >= 15 is 0 Å². The van der Waals surface area contributed by atoms with Crippen molar-refractivity contribution >= 4 is 11.6 Å². The Morgan fingerprint density at radius 2 is 2.00 bits per heavy atom. The fraction of sp³-hybridized carbons (Fsp3) is 0.400. The zero-order valence-electron chi connectivity index (χ0n) is 7.79. The van der Waals surface area contributed by atoms with E-state index in [1.54, 1.807) is 13.0 Å². The number of aryl methyl sites for hydroxylation is 1. The van der Waals surface area contributed by atoms with Crippen LogP contribution in [0.1, 0.15) is 24.1 Å². The summed E-state index contributed by atoms with van der Waals surface area (Å²) in [4.78, 5) is 0. The maximum Gasteiger partial charge on any atom is 0.0704 e. The summed E-state index contributed by atoms with van der Waals surface area (Å²) < 4.78 is 0. The molecule has 0 saturated carbocycles. The van der Waals surface area contributed by atoms with Gasteiger partial charge in [-0.25, -0.2) is 0 Å². The maximum absolute atomic E-state index is 9.29. The van der Waals surface area contributed by atoms with Crippen LogP contribution in [0.15, 0.2) is 18.2 Å². The van der Waals surface area contributed by atoms with Gasteiger partial charge in [0.2, 0.25) is 0 Å². The Balaban J connectivity index is 3.01. The van der Waals surface area contributed by atoms with Crippen LogP contribution in [0.2, 0.25) is 5.02 Å². The van der Waals surface area contributed by atoms with Crippen molar-refractivity contribution in [1.82, 2.24) is 0 Å². The molecule has 2 atom stereocenters. The molecule has 72 valence electrons. The van der Waals surface area contributed by atoms with E-state index in [9.17, 15) is 5.11 Å². The van der Waals surface area contributed by atoms with Gasteiger partial charge < -0.3 is 10.8 Å². The summed E-state index contributed by atoms with van der Waals surface area (Å²) in [6.45, 7) is 3.62. The highest BCUT2D eigenvalue weighted by molar-refractivity contribution is 6.30. The van der Waals surface area contributed by atoms with E-state index in [4.69, 9.17) is 17.3 Å². The molecule has 1 aromatic carbocycles. The van der Waals surface area contributed by atoms with Crippen LogP contribution in [0.3, 0.4) is 0 Å². The summed E-state index contributed by atoms with van der Waals surface area (Å²) in [7, 11) is 0. The van der Waals surface area contributed by atoms with Gasteiger partial charge in [0.25, 0.3) is 0 Å². The molecule has 1 aromatic rings. The van der Waals surface area contributed by atoms with Crippen LogP contribution in [0.25, 0.3) is 0 Å². The van der Waals surface area contributed by atoms with E-state index in [1.165, 1.54) is 0 Å². The molecule has 0 aliphatic rings. The van der Waals surface area contributed by atoms with Crippen molar-refractivity contribution in [3.63, 3.8) is 0 Å². The number of hydrogen-bond donors (Lipinski definition) is 2. The molecule has 0 saturated heterocycles. The van der Waals surface area contributed by atoms with Gasteiger partial charge in [0.1, 0.15) is 0 Å². The molecule has 13 heavy (non-hydrogen) atoms. The number of rotatable bonds is 2. The van der Waals surface area contributed by atoms with Crippen molar-refractivity contribution in [3.05, 3.63) is 34.3 Å². The smallest absolute Gasteiger partial charge is 0.0704 e. The summed E-state index contributed by atoms with van der Waals surface area (Å²) in [5.41, 5.74) is 7.70. The number of benzene rings is 1. The number of hydrogen-bond acceptors (Lipinski definition) is 2. The average Bonchev–Trinajstić information content (AvgIpc) is 2.01. The predicted octanol–water partition coefficient (Wildman–Crippen LogP) is 2.03. The third kappa shape index (κ3) is 2.69. The lowest BCUT2D eigenvalue weighted by Crippen LogP contribution is -2.23. The average molecular weight is 200 g/mol. The zero-order valence-corrected chi connectivity index (χ0v) is 8.55. The molecule has 1 rings (SSSR count). The second-order valence-corrected chi connectivity index (χ2v) is 3.76. The summed E-state index contributed by atoms with van der Waals surface area (Å²) in [5.74, 6) is 0. The Labute approximate surface area is 83.3 Å². The van der Waals surface area contributed by atoms with Gasteiger partial charge in [0.15, 0.2) is 0 Å². The quantitative estimate of drug-likeness (QED) is 0.766. The summed E-state index contributed by atoms with van der Waals surface area (Å²) in [6.07, 6.45) is -0.558. The van der Waals surface area contributed by atoms with Crippen LogP contribution < -0.4 is 5.73 Å². The van der Waals surface area contributed by atoms with Crippen LogP contribution in [-0.4, -0.2) is 11.2 Å². The molecule has 0 amide bonds.